The topological polar surface area (TPSA) is 70.7 Å². The number of fused-ring (bicyclic) bond motifs is 1. The zero-order chi connectivity index (χ0) is 17.8. The number of imidazole rings is 1. The molecule has 1 amide bonds. The maximum atomic E-state index is 12.5. The first kappa shape index (κ1) is 17.1. The lowest BCUT2D eigenvalue weighted by atomic mass is 9.98. The minimum atomic E-state index is -0.136. The molecule has 2 heterocycles. The highest BCUT2D eigenvalue weighted by Crippen LogP contribution is 2.24. The number of rotatable bonds is 6. The number of aromatic amines is 1. The lowest BCUT2D eigenvalue weighted by Gasteiger charge is -2.22. The van der Waals surface area contributed by atoms with Gasteiger partial charge in [-0.1, -0.05) is 38.5 Å². The van der Waals surface area contributed by atoms with Crippen molar-refractivity contribution in [1.82, 2.24) is 20.3 Å². The number of hydrogen-bond donors (Lipinski definition) is 2. The summed E-state index contributed by atoms with van der Waals surface area (Å²) in [5, 5.41) is 3.15. The number of hydrogen-bond acceptors (Lipinski definition) is 3. The molecule has 0 saturated heterocycles. The van der Waals surface area contributed by atoms with E-state index in [0.29, 0.717) is 6.42 Å². The normalized spacial score (nSPS) is 13.6. The molecule has 0 fully saturated rings. The van der Waals surface area contributed by atoms with Crippen molar-refractivity contribution in [2.45, 2.75) is 39.7 Å². The molecule has 0 aliphatic rings. The lowest BCUT2D eigenvalue weighted by molar-refractivity contribution is -0.121. The number of para-hydroxylation sites is 2. The molecule has 5 heteroatoms. The smallest absolute Gasteiger partial charge is 0.225 e. The SMILES string of the molecule is CC[C@@H](C)[C@@H](NC(=O)Cc1ccc(C)nc1)c1nc2ccccc2[nH]1. The monoisotopic (exact) mass is 336 g/mol. The highest BCUT2D eigenvalue weighted by Gasteiger charge is 2.23. The molecule has 2 N–H and O–H groups in total. The Balaban J connectivity index is 1.78. The van der Waals surface area contributed by atoms with Crippen LogP contribution in [0, 0.1) is 12.8 Å². The molecule has 1 aromatic carbocycles. The van der Waals surface area contributed by atoms with E-state index in [0.717, 1.165) is 34.5 Å². The number of aromatic nitrogens is 3. The second kappa shape index (κ2) is 7.47. The fraction of sp³-hybridized carbons (Fsp3) is 0.350. The van der Waals surface area contributed by atoms with Crippen LogP contribution in [-0.2, 0) is 11.2 Å². The van der Waals surface area contributed by atoms with Crippen LogP contribution >= 0.6 is 0 Å². The first-order valence-electron chi connectivity index (χ1n) is 8.72. The Morgan fingerprint density at radius 3 is 2.72 bits per heavy atom. The fourth-order valence-electron chi connectivity index (χ4n) is 2.85. The van der Waals surface area contributed by atoms with Crippen molar-refractivity contribution in [2.75, 3.05) is 0 Å². The van der Waals surface area contributed by atoms with Gasteiger partial charge in [0.05, 0.1) is 23.5 Å². The van der Waals surface area contributed by atoms with Crippen LogP contribution in [0.3, 0.4) is 0 Å². The Morgan fingerprint density at radius 2 is 2.04 bits per heavy atom. The van der Waals surface area contributed by atoms with E-state index in [1.165, 1.54) is 0 Å². The second-order valence-corrected chi connectivity index (χ2v) is 6.55. The molecule has 2 atom stereocenters. The maximum Gasteiger partial charge on any atom is 0.225 e. The number of carbonyl (C=O) groups excluding carboxylic acids is 1. The molecule has 3 rings (SSSR count). The van der Waals surface area contributed by atoms with Crippen LogP contribution in [0.25, 0.3) is 11.0 Å². The summed E-state index contributed by atoms with van der Waals surface area (Å²) in [6.07, 6.45) is 3.03. The minimum absolute atomic E-state index is 0.0172. The van der Waals surface area contributed by atoms with Crippen LogP contribution in [0.4, 0.5) is 0 Å². The average molecular weight is 336 g/mol. The molecule has 130 valence electrons. The summed E-state index contributed by atoms with van der Waals surface area (Å²) in [5.41, 5.74) is 3.77. The molecule has 3 aromatic rings. The predicted molar refractivity (Wildman–Crippen MR) is 99.1 cm³/mol. The third kappa shape index (κ3) is 4.05. The molecule has 0 spiro atoms. The molecule has 0 unspecified atom stereocenters. The van der Waals surface area contributed by atoms with Gasteiger partial charge in [0.1, 0.15) is 5.82 Å². The molecule has 0 bridgehead atoms. The van der Waals surface area contributed by atoms with Gasteiger partial charge in [0, 0.05) is 11.9 Å². The van der Waals surface area contributed by atoms with Crippen molar-refractivity contribution in [3.8, 4) is 0 Å². The number of benzene rings is 1. The van der Waals surface area contributed by atoms with Gasteiger partial charge in [-0.15, -0.1) is 0 Å². The van der Waals surface area contributed by atoms with Crippen LogP contribution in [0.5, 0.6) is 0 Å². The standard InChI is InChI=1S/C20H24N4O/c1-4-13(2)19(20-22-16-7-5-6-8-17(16)23-20)24-18(25)11-15-10-9-14(3)21-12-15/h5-10,12-13,19H,4,11H2,1-3H3,(H,22,23)(H,24,25)/t13-,19-/m1/s1. The van der Waals surface area contributed by atoms with E-state index in [2.05, 4.69) is 34.1 Å². The zero-order valence-electron chi connectivity index (χ0n) is 14.9. The van der Waals surface area contributed by atoms with E-state index in [9.17, 15) is 4.79 Å². The highest BCUT2D eigenvalue weighted by atomic mass is 16.1. The number of carbonyl (C=O) groups is 1. The third-order valence-electron chi connectivity index (χ3n) is 4.57. The Kier molecular flexibility index (Phi) is 5.12. The summed E-state index contributed by atoms with van der Waals surface area (Å²) >= 11 is 0. The summed E-state index contributed by atoms with van der Waals surface area (Å²) in [7, 11) is 0. The van der Waals surface area contributed by atoms with Crippen LogP contribution < -0.4 is 5.32 Å². The van der Waals surface area contributed by atoms with Crippen LogP contribution in [-0.4, -0.2) is 20.9 Å². The fourth-order valence-corrected chi connectivity index (χ4v) is 2.85. The van der Waals surface area contributed by atoms with Gasteiger partial charge in [0.2, 0.25) is 5.91 Å². The zero-order valence-corrected chi connectivity index (χ0v) is 14.9. The van der Waals surface area contributed by atoms with Gasteiger partial charge in [0.15, 0.2) is 0 Å². The summed E-state index contributed by atoms with van der Waals surface area (Å²) in [4.78, 5) is 24.8. The maximum absolute atomic E-state index is 12.5. The van der Waals surface area contributed by atoms with E-state index in [-0.39, 0.29) is 17.9 Å². The molecule has 0 aliphatic carbocycles. The van der Waals surface area contributed by atoms with Crippen molar-refractivity contribution in [3.63, 3.8) is 0 Å². The van der Waals surface area contributed by atoms with Crippen LogP contribution in [0.1, 0.15) is 43.4 Å². The van der Waals surface area contributed by atoms with Crippen molar-refractivity contribution in [2.24, 2.45) is 5.92 Å². The number of pyridine rings is 1. The quantitative estimate of drug-likeness (QED) is 0.721. The van der Waals surface area contributed by atoms with Gasteiger partial charge in [-0.05, 0) is 36.6 Å². The molecular weight excluding hydrogens is 312 g/mol. The van der Waals surface area contributed by atoms with Crippen molar-refractivity contribution < 1.29 is 4.79 Å². The largest absolute Gasteiger partial charge is 0.346 e. The summed E-state index contributed by atoms with van der Waals surface area (Å²) in [6.45, 7) is 6.19. The van der Waals surface area contributed by atoms with Gasteiger partial charge < -0.3 is 10.3 Å². The Morgan fingerprint density at radius 1 is 1.24 bits per heavy atom. The number of nitrogens with one attached hydrogen (secondary N) is 2. The van der Waals surface area contributed by atoms with Crippen molar-refractivity contribution in [1.29, 1.82) is 0 Å². The Labute approximate surface area is 147 Å². The molecule has 0 saturated carbocycles. The predicted octanol–water partition coefficient (Wildman–Crippen LogP) is 3.71. The van der Waals surface area contributed by atoms with Gasteiger partial charge in [-0.3, -0.25) is 9.78 Å². The average Bonchev–Trinajstić information content (AvgIpc) is 3.04. The second-order valence-electron chi connectivity index (χ2n) is 6.55. The van der Waals surface area contributed by atoms with E-state index < -0.39 is 0 Å². The first-order chi connectivity index (χ1) is 12.1. The lowest BCUT2D eigenvalue weighted by Crippen LogP contribution is -2.34. The Bertz CT molecular complexity index is 821. The van der Waals surface area contributed by atoms with E-state index in [1.54, 1.807) is 6.20 Å². The molecule has 5 nitrogen and oxygen atoms in total. The van der Waals surface area contributed by atoms with E-state index >= 15 is 0 Å². The highest BCUT2D eigenvalue weighted by molar-refractivity contribution is 5.79. The summed E-state index contributed by atoms with van der Waals surface area (Å²) < 4.78 is 0. The van der Waals surface area contributed by atoms with Gasteiger partial charge >= 0.3 is 0 Å². The van der Waals surface area contributed by atoms with Gasteiger partial charge in [0.25, 0.3) is 0 Å². The number of H-pyrrole nitrogens is 1. The van der Waals surface area contributed by atoms with Crippen molar-refractivity contribution >= 4 is 16.9 Å². The van der Waals surface area contributed by atoms with Crippen LogP contribution in [0.15, 0.2) is 42.6 Å². The number of aryl methyl sites for hydroxylation is 1. The minimum Gasteiger partial charge on any atom is -0.346 e. The first-order valence-corrected chi connectivity index (χ1v) is 8.72. The molecule has 2 aromatic heterocycles. The van der Waals surface area contributed by atoms with Gasteiger partial charge in [-0.2, -0.15) is 0 Å². The molecular formula is C20H24N4O. The van der Waals surface area contributed by atoms with Crippen LogP contribution in [0.2, 0.25) is 0 Å². The van der Waals surface area contributed by atoms with E-state index in [4.69, 9.17) is 0 Å². The summed E-state index contributed by atoms with van der Waals surface area (Å²) in [6, 6.07) is 11.7. The van der Waals surface area contributed by atoms with Gasteiger partial charge in [-0.25, -0.2) is 4.98 Å². The molecule has 0 radical (unpaired) electrons. The number of nitrogens with zero attached hydrogens (tertiary/aromatic N) is 2. The molecule has 25 heavy (non-hydrogen) atoms. The Hall–Kier alpha value is -2.69. The molecule has 0 aliphatic heterocycles. The van der Waals surface area contributed by atoms with Crippen molar-refractivity contribution in [3.05, 3.63) is 59.7 Å². The summed E-state index contributed by atoms with van der Waals surface area (Å²) in [5.74, 6) is 1.07. The number of amides is 1. The van der Waals surface area contributed by atoms with E-state index in [1.807, 2.05) is 43.3 Å². The third-order valence-corrected chi connectivity index (χ3v) is 4.57.